The van der Waals surface area contributed by atoms with Crippen LogP contribution in [0.4, 0.5) is 0 Å². The second-order valence-corrected chi connectivity index (χ2v) is 7.44. The Bertz CT molecular complexity index is 1210. The fourth-order valence-electron chi connectivity index (χ4n) is 3.90. The Morgan fingerprint density at radius 3 is 2.23 bits per heavy atom. The summed E-state index contributed by atoms with van der Waals surface area (Å²) in [5.41, 5.74) is 1.72. The minimum absolute atomic E-state index is 0.289. The number of ether oxygens (including phenoxy) is 2. The Morgan fingerprint density at radius 1 is 0.839 bits per heavy atom. The van der Waals surface area contributed by atoms with Gasteiger partial charge < -0.3 is 18.9 Å². The van der Waals surface area contributed by atoms with Gasteiger partial charge in [-0.25, -0.2) is 4.98 Å². The molecule has 0 unspecified atom stereocenters. The summed E-state index contributed by atoms with van der Waals surface area (Å²) in [5.74, 6) is 2.72. The van der Waals surface area contributed by atoms with Crippen LogP contribution in [0.3, 0.4) is 0 Å². The second kappa shape index (κ2) is 8.36. The third kappa shape index (κ3) is 4.01. The van der Waals surface area contributed by atoms with Crippen molar-refractivity contribution in [2.45, 2.75) is 18.9 Å². The molecule has 0 bridgehead atoms. The van der Waals surface area contributed by atoms with Crippen LogP contribution in [-0.4, -0.2) is 32.5 Å². The Kier molecular flexibility index (Phi) is 5.11. The summed E-state index contributed by atoms with van der Waals surface area (Å²) < 4.78 is 14.2. The molecule has 31 heavy (non-hydrogen) atoms. The monoisotopic (exact) mass is 411 g/mol. The fraction of sp³-hybridized carbons (Fsp3) is 0.208. The van der Waals surface area contributed by atoms with Crippen molar-refractivity contribution >= 4 is 11.0 Å². The van der Waals surface area contributed by atoms with Gasteiger partial charge in [-0.15, -0.1) is 0 Å². The van der Waals surface area contributed by atoms with Crippen molar-refractivity contribution in [1.82, 2.24) is 19.4 Å². The highest BCUT2D eigenvalue weighted by atomic mass is 16.5. The van der Waals surface area contributed by atoms with E-state index in [1.54, 1.807) is 4.90 Å². The van der Waals surface area contributed by atoms with Crippen molar-refractivity contribution < 1.29 is 9.47 Å². The highest BCUT2D eigenvalue weighted by Gasteiger charge is 2.23. The lowest BCUT2D eigenvalue weighted by Crippen LogP contribution is -2.30. The van der Waals surface area contributed by atoms with E-state index in [0.717, 1.165) is 48.5 Å². The number of benzene rings is 2. The van der Waals surface area contributed by atoms with E-state index >= 15 is 0 Å². The number of aromatic nitrogens is 3. The molecule has 0 N–H and O–H groups in total. The fourth-order valence-corrected chi connectivity index (χ4v) is 3.90. The SMILES string of the molecule is N#CN1CCC(n2ccc3ncnc(Oc4ccc(Oc5ccccc5)cc4)c32)CC1. The zero-order chi connectivity index (χ0) is 21.0. The second-order valence-electron chi connectivity index (χ2n) is 7.44. The summed E-state index contributed by atoms with van der Waals surface area (Å²) in [4.78, 5) is 10.6. The van der Waals surface area contributed by atoms with Gasteiger partial charge in [0.2, 0.25) is 5.88 Å². The molecule has 1 saturated heterocycles. The van der Waals surface area contributed by atoms with Gasteiger partial charge in [0.1, 0.15) is 29.1 Å². The molecule has 0 amide bonds. The smallest absolute Gasteiger partial charge is 0.247 e. The first-order valence-electron chi connectivity index (χ1n) is 10.3. The van der Waals surface area contributed by atoms with Crippen molar-refractivity contribution in [3.8, 4) is 29.3 Å². The number of hydrogen-bond donors (Lipinski definition) is 0. The lowest BCUT2D eigenvalue weighted by Gasteiger charge is -2.29. The van der Waals surface area contributed by atoms with Gasteiger partial charge in [0.05, 0.1) is 5.52 Å². The number of piperidine rings is 1. The molecular formula is C24H21N5O2. The van der Waals surface area contributed by atoms with Crippen molar-refractivity contribution in [2.75, 3.05) is 13.1 Å². The molecule has 5 rings (SSSR count). The van der Waals surface area contributed by atoms with E-state index in [-0.39, 0.29) is 6.04 Å². The van der Waals surface area contributed by atoms with Gasteiger partial charge >= 0.3 is 0 Å². The van der Waals surface area contributed by atoms with Gasteiger partial charge in [-0.3, -0.25) is 0 Å². The molecule has 0 aliphatic carbocycles. The summed E-state index contributed by atoms with van der Waals surface area (Å²) in [6, 6.07) is 19.4. The highest BCUT2D eigenvalue weighted by molar-refractivity contribution is 5.81. The number of para-hydroxylation sites is 1. The molecule has 0 atom stereocenters. The molecule has 1 aliphatic rings. The molecule has 7 nitrogen and oxygen atoms in total. The number of nitriles is 1. The zero-order valence-electron chi connectivity index (χ0n) is 16.9. The standard InChI is InChI=1S/C24H21N5O2/c25-16-28-13-10-18(11-14-28)29-15-12-22-23(29)24(27-17-26-22)31-21-8-6-20(7-9-21)30-19-4-2-1-3-5-19/h1-9,12,15,17-18H,10-11,13-14H2. The summed E-state index contributed by atoms with van der Waals surface area (Å²) in [7, 11) is 0. The van der Waals surface area contributed by atoms with Gasteiger partial charge in [0.15, 0.2) is 6.19 Å². The van der Waals surface area contributed by atoms with Crippen LogP contribution in [0.25, 0.3) is 11.0 Å². The summed E-state index contributed by atoms with van der Waals surface area (Å²) in [6.07, 6.45) is 7.59. The molecule has 2 aromatic heterocycles. The number of rotatable bonds is 5. The van der Waals surface area contributed by atoms with Crippen LogP contribution in [0, 0.1) is 11.5 Å². The van der Waals surface area contributed by atoms with E-state index < -0.39 is 0 Å². The van der Waals surface area contributed by atoms with Gasteiger partial charge in [0.25, 0.3) is 0 Å². The topological polar surface area (TPSA) is 76.2 Å². The summed E-state index contributed by atoms with van der Waals surface area (Å²) >= 11 is 0. The van der Waals surface area contributed by atoms with Gasteiger partial charge in [-0.05, 0) is 55.3 Å². The van der Waals surface area contributed by atoms with Crippen LogP contribution in [0.1, 0.15) is 18.9 Å². The van der Waals surface area contributed by atoms with Crippen LogP contribution in [0.15, 0.2) is 73.2 Å². The molecule has 1 fully saturated rings. The van der Waals surface area contributed by atoms with Crippen molar-refractivity contribution in [3.63, 3.8) is 0 Å². The molecule has 4 aromatic rings. The van der Waals surface area contributed by atoms with Crippen LogP contribution in [0.2, 0.25) is 0 Å². The molecule has 0 radical (unpaired) electrons. The molecular weight excluding hydrogens is 390 g/mol. The van der Waals surface area contributed by atoms with Crippen LogP contribution in [0.5, 0.6) is 23.1 Å². The first kappa shape index (κ1) is 18.9. The largest absolute Gasteiger partial charge is 0.457 e. The Balaban J connectivity index is 1.37. The minimum Gasteiger partial charge on any atom is -0.457 e. The molecule has 7 heteroatoms. The molecule has 3 heterocycles. The first-order chi connectivity index (χ1) is 15.3. The maximum Gasteiger partial charge on any atom is 0.247 e. The Hall–Kier alpha value is -4.05. The first-order valence-corrected chi connectivity index (χ1v) is 10.3. The molecule has 1 aliphatic heterocycles. The normalized spacial score (nSPS) is 14.4. The van der Waals surface area contributed by atoms with E-state index in [0.29, 0.717) is 11.6 Å². The van der Waals surface area contributed by atoms with Crippen LogP contribution < -0.4 is 9.47 Å². The van der Waals surface area contributed by atoms with Crippen LogP contribution in [-0.2, 0) is 0 Å². The average Bonchev–Trinajstić information content (AvgIpc) is 3.26. The zero-order valence-corrected chi connectivity index (χ0v) is 16.9. The maximum atomic E-state index is 9.11. The quantitative estimate of drug-likeness (QED) is 0.424. The number of nitrogens with zero attached hydrogens (tertiary/aromatic N) is 5. The molecule has 0 saturated carbocycles. The van der Waals surface area contributed by atoms with Crippen LogP contribution >= 0.6 is 0 Å². The lowest BCUT2D eigenvalue weighted by molar-refractivity contribution is 0.256. The van der Waals surface area contributed by atoms with Crippen molar-refractivity contribution in [2.24, 2.45) is 0 Å². The third-order valence-electron chi connectivity index (χ3n) is 5.48. The highest BCUT2D eigenvalue weighted by Crippen LogP contribution is 2.33. The number of likely N-dealkylation sites (tertiary alicyclic amines) is 1. The van der Waals surface area contributed by atoms with Gasteiger partial charge in [-0.2, -0.15) is 10.2 Å². The minimum atomic E-state index is 0.289. The van der Waals surface area contributed by atoms with Crippen molar-refractivity contribution in [1.29, 1.82) is 5.26 Å². The predicted molar refractivity (Wildman–Crippen MR) is 116 cm³/mol. The number of fused-ring (bicyclic) bond motifs is 1. The average molecular weight is 411 g/mol. The molecule has 154 valence electrons. The van der Waals surface area contributed by atoms with E-state index in [9.17, 15) is 0 Å². The van der Waals surface area contributed by atoms with Gasteiger partial charge in [0, 0.05) is 25.3 Å². The Morgan fingerprint density at radius 2 is 1.52 bits per heavy atom. The Labute approximate surface area is 180 Å². The number of hydrogen-bond acceptors (Lipinski definition) is 6. The van der Waals surface area contributed by atoms with E-state index in [2.05, 4.69) is 20.7 Å². The summed E-state index contributed by atoms with van der Waals surface area (Å²) in [5, 5.41) is 9.11. The predicted octanol–water partition coefficient (Wildman–Crippen LogP) is 5.13. The molecule has 2 aromatic carbocycles. The van der Waals surface area contributed by atoms with E-state index in [1.807, 2.05) is 66.9 Å². The third-order valence-corrected chi connectivity index (χ3v) is 5.48. The maximum absolute atomic E-state index is 9.11. The summed E-state index contributed by atoms with van der Waals surface area (Å²) in [6.45, 7) is 1.52. The lowest BCUT2D eigenvalue weighted by atomic mass is 10.1. The van der Waals surface area contributed by atoms with E-state index in [4.69, 9.17) is 14.7 Å². The van der Waals surface area contributed by atoms with Crippen molar-refractivity contribution in [3.05, 3.63) is 73.2 Å². The van der Waals surface area contributed by atoms with Gasteiger partial charge in [-0.1, -0.05) is 18.2 Å². The molecule has 0 spiro atoms. The van der Waals surface area contributed by atoms with E-state index in [1.165, 1.54) is 6.33 Å².